The maximum Gasteiger partial charge on any atom is 0.253 e. The largest absolute Gasteiger partial charge is 0.458 e. The molecular formula is C88H64B2N4OS. The Balaban J connectivity index is 0.901. The smallest absolute Gasteiger partial charge is 0.253 e. The zero-order valence-electron chi connectivity index (χ0n) is 53.5. The van der Waals surface area contributed by atoms with Crippen molar-refractivity contribution in [3.63, 3.8) is 0 Å². The van der Waals surface area contributed by atoms with Crippen LogP contribution in [-0.4, -0.2) is 13.4 Å². The molecule has 0 saturated heterocycles. The molecule has 0 fully saturated rings. The van der Waals surface area contributed by atoms with Crippen LogP contribution in [0.25, 0.3) is 33.4 Å². The lowest BCUT2D eigenvalue weighted by Crippen LogP contribution is -2.64. The van der Waals surface area contributed by atoms with E-state index >= 15 is 0 Å². The maximum atomic E-state index is 7.31. The van der Waals surface area contributed by atoms with E-state index in [1.807, 2.05) is 11.8 Å². The summed E-state index contributed by atoms with van der Waals surface area (Å²) in [6, 6.07) is 123. The minimum atomic E-state index is -0.160. The van der Waals surface area contributed by atoms with Crippen molar-refractivity contribution in [2.75, 3.05) is 19.6 Å². The van der Waals surface area contributed by atoms with Crippen molar-refractivity contribution in [2.45, 2.75) is 36.0 Å². The molecule has 96 heavy (non-hydrogen) atoms. The summed E-state index contributed by atoms with van der Waals surface area (Å²) >= 11 is 1.86. The van der Waals surface area contributed by atoms with Crippen LogP contribution in [0, 0.1) is 0 Å². The zero-order valence-corrected chi connectivity index (χ0v) is 54.3. The van der Waals surface area contributed by atoms with E-state index in [-0.39, 0.29) is 18.8 Å². The van der Waals surface area contributed by atoms with Crippen molar-refractivity contribution in [1.29, 1.82) is 0 Å². The molecule has 454 valence electrons. The second kappa shape index (κ2) is 23.2. The summed E-state index contributed by atoms with van der Waals surface area (Å²) in [5.74, 6) is 1.73. The van der Waals surface area contributed by atoms with Crippen LogP contribution in [0.2, 0.25) is 0 Å². The molecule has 14 aromatic rings. The number of fused-ring (bicyclic) bond motifs is 8. The van der Waals surface area contributed by atoms with E-state index in [9.17, 15) is 0 Å². The third-order valence-corrected chi connectivity index (χ3v) is 20.8. The molecule has 0 atom stereocenters. The minimum Gasteiger partial charge on any atom is -0.458 e. The van der Waals surface area contributed by atoms with Crippen LogP contribution >= 0.6 is 11.8 Å². The molecule has 8 heteroatoms. The Kier molecular flexibility index (Phi) is 13.9. The van der Waals surface area contributed by atoms with E-state index in [2.05, 4.69) is 374 Å². The number of rotatable bonds is 11. The topological polar surface area (TPSA) is 22.2 Å². The van der Waals surface area contributed by atoms with Crippen LogP contribution in [0.5, 0.6) is 11.5 Å². The number of nitrogens with zero attached hydrogens (tertiary/aromatic N) is 4. The summed E-state index contributed by atoms with van der Waals surface area (Å²) in [5.41, 5.74) is 28.7. The highest BCUT2D eigenvalue weighted by Crippen LogP contribution is 2.52. The first-order valence-electron chi connectivity index (χ1n) is 33.2. The molecule has 14 aromatic carbocycles. The Morgan fingerprint density at radius 2 is 0.823 bits per heavy atom. The normalized spacial score (nSPS) is 12.9. The molecule has 0 aliphatic carbocycles. The van der Waals surface area contributed by atoms with Crippen molar-refractivity contribution >= 4 is 126 Å². The highest BCUT2D eigenvalue weighted by molar-refractivity contribution is 8.00. The molecule has 0 amide bonds. The molecule has 0 radical (unpaired) electrons. The van der Waals surface area contributed by atoms with Crippen LogP contribution in [0.1, 0.15) is 26.3 Å². The molecular weight excluding hydrogens is 1180 g/mol. The minimum absolute atomic E-state index is 0.0103. The monoisotopic (exact) mass is 1250 g/mol. The molecule has 0 saturated carbocycles. The van der Waals surface area contributed by atoms with E-state index < -0.39 is 0 Å². The van der Waals surface area contributed by atoms with Crippen molar-refractivity contribution in [3.8, 4) is 44.9 Å². The van der Waals surface area contributed by atoms with Gasteiger partial charge in [-0.3, -0.25) is 0 Å². The van der Waals surface area contributed by atoms with Gasteiger partial charge in [-0.15, -0.1) is 0 Å². The Bertz CT molecular complexity index is 5260. The first kappa shape index (κ1) is 57.2. The van der Waals surface area contributed by atoms with E-state index in [1.165, 1.54) is 43.3 Å². The fourth-order valence-corrected chi connectivity index (χ4v) is 16.5. The summed E-state index contributed by atoms with van der Waals surface area (Å²) in [5, 5.41) is 0. The summed E-state index contributed by atoms with van der Waals surface area (Å²) < 4.78 is 7.31. The summed E-state index contributed by atoms with van der Waals surface area (Å²) in [7, 11) is 0. The average Bonchev–Trinajstić information content (AvgIpc) is 0.692. The predicted molar refractivity (Wildman–Crippen MR) is 407 cm³/mol. The first-order valence-corrected chi connectivity index (χ1v) is 34.0. The highest BCUT2D eigenvalue weighted by Gasteiger charge is 2.47. The molecule has 5 nitrogen and oxygen atoms in total. The van der Waals surface area contributed by atoms with Gasteiger partial charge in [0, 0.05) is 72.5 Å². The quantitative estimate of drug-likeness (QED) is 0.120. The van der Waals surface area contributed by atoms with E-state index in [0.717, 1.165) is 118 Å². The fraction of sp³-hybridized carbons (Fsp3) is 0.0455. The van der Waals surface area contributed by atoms with Crippen LogP contribution in [0.3, 0.4) is 0 Å². The van der Waals surface area contributed by atoms with Gasteiger partial charge in [0.1, 0.15) is 11.5 Å². The van der Waals surface area contributed by atoms with Gasteiger partial charge in [0.05, 0.1) is 22.7 Å². The van der Waals surface area contributed by atoms with E-state index in [0.29, 0.717) is 0 Å². The van der Waals surface area contributed by atoms with Gasteiger partial charge in [0.15, 0.2) is 0 Å². The number of para-hydroxylation sites is 7. The lowest BCUT2D eigenvalue weighted by atomic mass is 9.31. The Labute approximate surface area is 567 Å². The molecule has 18 rings (SSSR count). The average molecular weight is 1250 g/mol. The van der Waals surface area contributed by atoms with Crippen molar-refractivity contribution in [3.05, 3.63) is 339 Å². The lowest BCUT2D eigenvalue weighted by molar-refractivity contribution is 0.486. The van der Waals surface area contributed by atoms with Gasteiger partial charge in [-0.25, -0.2) is 0 Å². The van der Waals surface area contributed by atoms with Crippen molar-refractivity contribution < 1.29 is 4.74 Å². The molecule has 4 aliphatic heterocycles. The Morgan fingerprint density at radius 3 is 1.51 bits per heavy atom. The maximum absolute atomic E-state index is 7.31. The highest BCUT2D eigenvalue weighted by atomic mass is 32.2. The third-order valence-electron chi connectivity index (χ3n) is 19.7. The van der Waals surface area contributed by atoms with Crippen molar-refractivity contribution in [2.24, 2.45) is 0 Å². The number of hydrogen-bond acceptors (Lipinski definition) is 6. The van der Waals surface area contributed by atoms with Gasteiger partial charge < -0.3 is 24.3 Å². The van der Waals surface area contributed by atoms with Gasteiger partial charge in [-0.05, 0) is 158 Å². The van der Waals surface area contributed by atoms with Gasteiger partial charge in [-0.1, -0.05) is 269 Å². The zero-order chi connectivity index (χ0) is 64.0. The number of benzene rings is 14. The summed E-state index contributed by atoms with van der Waals surface area (Å²) in [6.45, 7) is 6.58. The molecule has 4 heterocycles. The molecule has 0 bridgehead atoms. The first-order chi connectivity index (χ1) is 47.3. The predicted octanol–water partition coefficient (Wildman–Crippen LogP) is 20.1. The number of hydrogen-bond donors (Lipinski definition) is 0. The number of anilines is 12. The fourth-order valence-electron chi connectivity index (χ4n) is 15.3. The van der Waals surface area contributed by atoms with Crippen molar-refractivity contribution in [1.82, 2.24) is 0 Å². The number of ether oxygens (including phenoxy) is 1. The Morgan fingerprint density at radius 1 is 0.312 bits per heavy atom. The third kappa shape index (κ3) is 9.65. The van der Waals surface area contributed by atoms with E-state index in [4.69, 9.17) is 4.74 Å². The van der Waals surface area contributed by atoms with Crippen LogP contribution in [-0.2, 0) is 5.41 Å². The van der Waals surface area contributed by atoms with Crippen LogP contribution in [0.4, 0.5) is 68.2 Å². The van der Waals surface area contributed by atoms with Gasteiger partial charge >= 0.3 is 0 Å². The standard InChI is InChI=1S/C88H64B2N4OS/c1-88(2,3)63-49-45-62(46-50-63)71-38-20-24-42-77(71)94-79-58-84-75(57-74(79)89-72-39-21-25-43-78(72)93(66-35-17-8-18-36-66)80-53-68(54-81(94)86(80)89)91(64-31-13-6-14-32-64)65-33-15-7-16-34-65)90-73-40-22-26-44-82(73)95-83-55-69(56-85(96-84)87(83)90)92(67-51-47-60(48-52-67)59-27-9-4-10-28-59)76-41-23-19-37-70(76)61-29-11-5-12-30-61/h4-58H,1-3H3. The molecule has 0 spiro atoms. The van der Waals surface area contributed by atoms with Gasteiger partial charge in [0.2, 0.25) is 0 Å². The Hall–Kier alpha value is -11.4. The molecule has 0 N–H and O–H groups in total. The van der Waals surface area contributed by atoms with Crippen LogP contribution < -0.4 is 57.1 Å². The van der Waals surface area contributed by atoms with Gasteiger partial charge in [-0.2, -0.15) is 0 Å². The van der Waals surface area contributed by atoms with Crippen LogP contribution in [0.15, 0.2) is 343 Å². The molecule has 4 aliphatic rings. The summed E-state index contributed by atoms with van der Waals surface area (Å²) in [4.78, 5) is 12.4. The second-order valence-electron chi connectivity index (χ2n) is 26.4. The lowest BCUT2D eigenvalue weighted by Gasteiger charge is -2.46. The summed E-state index contributed by atoms with van der Waals surface area (Å²) in [6.07, 6.45) is 0. The molecule has 0 unspecified atom stereocenters. The second-order valence-corrected chi connectivity index (χ2v) is 27.4. The van der Waals surface area contributed by atoms with E-state index in [1.54, 1.807) is 0 Å². The SMILES string of the molecule is CC(C)(C)c1ccc(-c2ccccc2N2c3cc4c(cc3B3c5ccccc5N(c5ccccc5)c5cc(N(c6ccccc6)c6ccccc6)cc2c53)B2c3ccccc3Oc3cc(N(c5ccc(-c6ccccc6)cc5)c5ccccc5-c5ccccc5)cc(c32)S4)cc1. The molecule has 0 aromatic heterocycles. The van der Waals surface area contributed by atoms with Gasteiger partial charge in [0.25, 0.3) is 13.4 Å².